The Hall–Kier alpha value is -3.96. The number of benzene rings is 2. The summed E-state index contributed by atoms with van der Waals surface area (Å²) in [7, 11) is 0. The Labute approximate surface area is 244 Å². The molecular weight excluding hydrogens is 540 g/mol. The van der Waals surface area contributed by atoms with Gasteiger partial charge in [0.05, 0.1) is 24.8 Å². The molecule has 2 aromatic heterocycles. The van der Waals surface area contributed by atoms with Crippen LogP contribution in [-0.2, 0) is 16.0 Å². The summed E-state index contributed by atoms with van der Waals surface area (Å²) in [5, 5.41) is 25.3. The van der Waals surface area contributed by atoms with Gasteiger partial charge in [0.2, 0.25) is 11.8 Å². The summed E-state index contributed by atoms with van der Waals surface area (Å²) in [5.74, 6) is 1.45. The molecule has 0 aliphatic carbocycles. The average Bonchev–Trinajstić information content (AvgIpc) is 3.45. The van der Waals surface area contributed by atoms with E-state index in [0.717, 1.165) is 36.1 Å². The van der Waals surface area contributed by atoms with Crippen LogP contribution < -0.4 is 10.6 Å². The molecular formula is C30H36N6O4S. The standard InChI is InChI=1S/C30H36N6O4S/c1-4-39-27(38)14-10-6-9-13-26-35-36-29(40-26)23-18-31-30(32-22-15-16-25(41-3)20(2)17-22)34-28(23)33-24(19-37)21-11-7-5-8-12-21/h5,7-8,11-12,15-18,24,37H,4,6,9-10,13-14,19H2,1-3H3,(H2,31,32,33,34). The van der Waals surface area contributed by atoms with Crippen LogP contribution in [0.1, 0.15) is 55.7 Å². The van der Waals surface area contributed by atoms with Crippen molar-refractivity contribution in [1.29, 1.82) is 0 Å². The van der Waals surface area contributed by atoms with Crippen LogP contribution in [0.3, 0.4) is 0 Å². The number of esters is 1. The topological polar surface area (TPSA) is 135 Å². The van der Waals surface area contributed by atoms with Crippen LogP contribution in [-0.4, -0.2) is 50.7 Å². The molecule has 11 heteroatoms. The van der Waals surface area contributed by atoms with Gasteiger partial charge in [0.25, 0.3) is 5.89 Å². The third-order valence-electron chi connectivity index (χ3n) is 6.41. The zero-order chi connectivity index (χ0) is 29.0. The maximum atomic E-state index is 11.5. The van der Waals surface area contributed by atoms with Crippen molar-refractivity contribution in [2.24, 2.45) is 0 Å². The van der Waals surface area contributed by atoms with Crippen molar-refractivity contribution < 1.29 is 19.1 Å². The van der Waals surface area contributed by atoms with E-state index in [9.17, 15) is 9.90 Å². The number of nitrogens with zero attached hydrogens (tertiary/aromatic N) is 4. The van der Waals surface area contributed by atoms with Crippen molar-refractivity contribution >= 4 is 35.2 Å². The Balaban J connectivity index is 1.53. The number of hydrogen-bond donors (Lipinski definition) is 3. The molecule has 0 amide bonds. The molecule has 4 aromatic rings. The monoisotopic (exact) mass is 576 g/mol. The molecule has 0 saturated heterocycles. The lowest BCUT2D eigenvalue weighted by Gasteiger charge is -2.19. The van der Waals surface area contributed by atoms with Gasteiger partial charge in [-0.25, -0.2) is 4.98 Å². The highest BCUT2D eigenvalue weighted by atomic mass is 32.2. The number of unbranched alkanes of at least 4 members (excludes halogenated alkanes) is 2. The molecule has 2 heterocycles. The molecule has 0 radical (unpaired) electrons. The Kier molecular flexibility index (Phi) is 11.1. The van der Waals surface area contributed by atoms with E-state index in [-0.39, 0.29) is 18.5 Å². The molecule has 10 nitrogen and oxygen atoms in total. The van der Waals surface area contributed by atoms with Crippen LogP contribution in [0.5, 0.6) is 0 Å². The number of rotatable bonds is 15. The van der Waals surface area contributed by atoms with Crippen LogP contribution in [0.4, 0.5) is 17.5 Å². The summed E-state index contributed by atoms with van der Waals surface area (Å²) in [4.78, 5) is 22.0. The number of aromatic nitrogens is 4. The van der Waals surface area contributed by atoms with Gasteiger partial charge in [-0.05, 0) is 62.3 Å². The van der Waals surface area contributed by atoms with Crippen LogP contribution in [0.25, 0.3) is 11.5 Å². The normalized spacial score (nSPS) is 11.7. The minimum Gasteiger partial charge on any atom is -0.466 e. The van der Waals surface area contributed by atoms with Gasteiger partial charge in [0, 0.05) is 29.6 Å². The van der Waals surface area contributed by atoms with E-state index in [0.29, 0.717) is 42.7 Å². The predicted molar refractivity (Wildman–Crippen MR) is 160 cm³/mol. The van der Waals surface area contributed by atoms with Gasteiger partial charge in [-0.2, -0.15) is 4.98 Å². The summed E-state index contributed by atoms with van der Waals surface area (Å²) in [6, 6.07) is 15.3. The molecule has 4 rings (SSSR count). The van der Waals surface area contributed by atoms with Crippen LogP contribution in [0.2, 0.25) is 0 Å². The molecule has 0 aliphatic rings. The number of hydrogen-bond acceptors (Lipinski definition) is 11. The SMILES string of the molecule is CCOC(=O)CCCCCc1nnc(-c2cnc(Nc3ccc(SC)c(C)c3)nc2NC(CO)c2ccccc2)o1. The molecule has 0 bridgehead atoms. The van der Waals surface area contributed by atoms with Gasteiger partial charge in [-0.3, -0.25) is 4.79 Å². The Morgan fingerprint density at radius 3 is 2.68 bits per heavy atom. The molecule has 0 aliphatic heterocycles. The number of nitrogens with one attached hydrogen (secondary N) is 2. The molecule has 2 aromatic carbocycles. The van der Waals surface area contributed by atoms with E-state index in [4.69, 9.17) is 14.1 Å². The molecule has 0 saturated carbocycles. The average molecular weight is 577 g/mol. The third-order valence-corrected chi connectivity index (χ3v) is 7.31. The summed E-state index contributed by atoms with van der Waals surface area (Å²) in [5.41, 5.74) is 3.45. The highest BCUT2D eigenvalue weighted by Gasteiger charge is 2.20. The van der Waals surface area contributed by atoms with Crippen molar-refractivity contribution in [3.05, 3.63) is 71.7 Å². The first-order valence-corrected chi connectivity index (χ1v) is 14.9. The van der Waals surface area contributed by atoms with E-state index in [1.54, 1.807) is 24.9 Å². The quantitative estimate of drug-likeness (QED) is 0.0859. The fourth-order valence-electron chi connectivity index (χ4n) is 4.30. The second kappa shape index (κ2) is 15.2. The van der Waals surface area contributed by atoms with E-state index < -0.39 is 6.04 Å². The minimum atomic E-state index is -0.414. The van der Waals surface area contributed by atoms with Crippen molar-refractivity contribution in [2.45, 2.75) is 56.9 Å². The predicted octanol–water partition coefficient (Wildman–Crippen LogP) is 6.11. The van der Waals surface area contributed by atoms with E-state index in [2.05, 4.69) is 45.1 Å². The maximum Gasteiger partial charge on any atom is 0.305 e. The van der Waals surface area contributed by atoms with Gasteiger partial charge in [-0.15, -0.1) is 22.0 Å². The Morgan fingerprint density at radius 1 is 1.12 bits per heavy atom. The summed E-state index contributed by atoms with van der Waals surface area (Å²) >= 11 is 1.70. The number of aryl methyl sites for hydroxylation is 2. The summed E-state index contributed by atoms with van der Waals surface area (Å²) in [6.07, 6.45) is 7.09. The fraction of sp³-hybridized carbons (Fsp3) is 0.367. The van der Waals surface area contributed by atoms with Crippen molar-refractivity contribution in [3.8, 4) is 11.5 Å². The Bertz CT molecular complexity index is 1420. The van der Waals surface area contributed by atoms with Crippen LogP contribution >= 0.6 is 11.8 Å². The third kappa shape index (κ3) is 8.51. The first-order valence-electron chi connectivity index (χ1n) is 13.7. The molecule has 216 valence electrons. The second-order valence-corrected chi connectivity index (χ2v) is 10.3. The maximum absolute atomic E-state index is 11.5. The minimum absolute atomic E-state index is 0.146. The lowest BCUT2D eigenvalue weighted by atomic mass is 10.1. The highest BCUT2D eigenvalue weighted by molar-refractivity contribution is 7.98. The number of aliphatic hydroxyl groups is 1. The highest BCUT2D eigenvalue weighted by Crippen LogP contribution is 2.31. The second-order valence-electron chi connectivity index (χ2n) is 9.42. The van der Waals surface area contributed by atoms with E-state index >= 15 is 0 Å². The van der Waals surface area contributed by atoms with Gasteiger partial charge in [0.15, 0.2) is 0 Å². The van der Waals surface area contributed by atoms with Gasteiger partial charge in [-0.1, -0.05) is 36.8 Å². The summed E-state index contributed by atoms with van der Waals surface area (Å²) in [6.45, 7) is 4.12. The molecule has 0 spiro atoms. The molecule has 1 atom stereocenters. The number of carbonyl (C=O) groups is 1. The first kappa shape index (κ1) is 30.0. The van der Waals surface area contributed by atoms with E-state index in [1.807, 2.05) is 42.5 Å². The lowest BCUT2D eigenvalue weighted by Crippen LogP contribution is -2.17. The molecule has 0 fully saturated rings. The number of aliphatic hydroxyl groups excluding tert-OH is 1. The molecule has 1 unspecified atom stereocenters. The molecule has 41 heavy (non-hydrogen) atoms. The van der Waals surface area contributed by atoms with Gasteiger partial charge < -0.3 is 24.9 Å². The lowest BCUT2D eigenvalue weighted by molar-refractivity contribution is -0.143. The zero-order valence-electron chi connectivity index (χ0n) is 23.6. The number of carbonyl (C=O) groups excluding carboxylic acids is 1. The number of thioether (sulfide) groups is 1. The van der Waals surface area contributed by atoms with E-state index in [1.165, 1.54) is 4.90 Å². The zero-order valence-corrected chi connectivity index (χ0v) is 24.4. The van der Waals surface area contributed by atoms with Crippen LogP contribution in [0.15, 0.2) is 64.0 Å². The van der Waals surface area contributed by atoms with Crippen molar-refractivity contribution in [1.82, 2.24) is 20.2 Å². The smallest absolute Gasteiger partial charge is 0.305 e. The number of anilines is 3. The van der Waals surface area contributed by atoms with Crippen LogP contribution in [0, 0.1) is 6.92 Å². The van der Waals surface area contributed by atoms with Gasteiger partial charge in [0.1, 0.15) is 5.82 Å². The fourth-order valence-corrected chi connectivity index (χ4v) is 4.88. The van der Waals surface area contributed by atoms with Crippen molar-refractivity contribution in [3.63, 3.8) is 0 Å². The molecule has 3 N–H and O–H groups in total. The number of ether oxygens (including phenoxy) is 1. The first-order chi connectivity index (χ1) is 20.0. The Morgan fingerprint density at radius 2 is 1.95 bits per heavy atom. The summed E-state index contributed by atoms with van der Waals surface area (Å²) < 4.78 is 10.9. The van der Waals surface area contributed by atoms with Gasteiger partial charge >= 0.3 is 5.97 Å². The largest absolute Gasteiger partial charge is 0.466 e. The van der Waals surface area contributed by atoms with Crippen molar-refractivity contribution in [2.75, 3.05) is 30.1 Å².